The fraction of sp³-hybridized carbons (Fsp3) is 0.500. The number of nitrogens with zero attached hydrogens (tertiary/aromatic N) is 2. The molecule has 1 rings (SSSR count). The highest BCUT2D eigenvalue weighted by molar-refractivity contribution is 5.13. The van der Waals surface area contributed by atoms with Gasteiger partial charge in [-0.25, -0.2) is 4.68 Å². The van der Waals surface area contributed by atoms with Gasteiger partial charge in [-0.15, -0.1) is 0 Å². The number of hydrogen-bond acceptors (Lipinski definition) is 1. The standard InChI is InChI=1S/C6H8F2N2/c1-4-3-9-10(5(4)2)6(7)8/h3,6H,1-2H3. The zero-order valence-electron chi connectivity index (χ0n) is 5.81. The first kappa shape index (κ1) is 7.18. The lowest BCUT2D eigenvalue weighted by atomic mass is 10.3. The van der Waals surface area contributed by atoms with Crippen LogP contribution in [0.5, 0.6) is 0 Å². The molecule has 0 unspecified atom stereocenters. The Morgan fingerprint density at radius 3 is 2.30 bits per heavy atom. The Bertz CT molecular complexity index is 230. The van der Waals surface area contributed by atoms with Gasteiger partial charge in [-0.05, 0) is 19.4 Å². The van der Waals surface area contributed by atoms with Crippen molar-refractivity contribution in [2.45, 2.75) is 20.4 Å². The number of halogens is 2. The first-order chi connectivity index (χ1) is 4.63. The molecule has 0 aromatic carbocycles. The number of aromatic nitrogens is 2. The van der Waals surface area contributed by atoms with Crippen molar-refractivity contribution in [1.29, 1.82) is 0 Å². The molecule has 1 aromatic rings. The number of alkyl halides is 2. The second-order valence-electron chi connectivity index (χ2n) is 2.14. The van der Waals surface area contributed by atoms with E-state index in [1.54, 1.807) is 13.8 Å². The highest BCUT2D eigenvalue weighted by Crippen LogP contribution is 2.13. The third kappa shape index (κ3) is 1.01. The summed E-state index contributed by atoms with van der Waals surface area (Å²) in [6, 6.07) is 0. The van der Waals surface area contributed by atoms with Gasteiger partial charge in [-0.3, -0.25) is 0 Å². The summed E-state index contributed by atoms with van der Waals surface area (Å²) in [6.07, 6.45) is 1.43. The third-order valence-corrected chi connectivity index (χ3v) is 1.48. The molecular formula is C6H8F2N2. The lowest BCUT2D eigenvalue weighted by Gasteiger charge is -2.00. The van der Waals surface area contributed by atoms with E-state index in [9.17, 15) is 8.78 Å². The molecule has 0 aliphatic carbocycles. The second-order valence-corrected chi connectivity index (χ2v) is 2.14. The van der Waals surface area contributed by atoms with Crippen LogP contribution in [0.3, 0.4) is 0 Å². The quantitative estimate of drug-likeness (QED) is 0.591. The van der Waals surface area contributed by atoms with Gasteiger partial charge in [0.1, 0.15) is 0 Å². The molecule has 0 N–H and O–H groups in total. The van der Waals surface area contributed by atoms with E-state index in [0.717, 1.165) is 5.56 Å². The molecule has 0 saturated carbocycles. The molecule has 2 nitrogen and oxygen atoms in total. The lowest BCUT2D eigenvalue weighted by molar-refractivity contribution is 0.0543. The molecule has 0 saturated heterocycles. The Morgan fingerprint density at radius 2 is 2.10 bits per heavy atom. The zero-order chi connectivity index (χ0) is 7.72. The predicted octanol–water partition coefficient (Wildman–Crippen LogP) is 1.90. The van der Waals surface area contributed by atoms with Gasteiger partial charge in [0.25, 0.3) is 0 Å². The average Bonchev–Trinajstić information content (AvgIpc) is 2.14. The minimum Gasteiger partial charge on any atom is -0.209 e. The summed E-state index contributed by atoms with van der Waals surface area (Å²) in [7, 11) is 0. The van der Waals surface area contributed by atoms with Crippen LogP contribution >= 0.6 is 0 Å². The van der Waals surface area contributed by atoms with E-state index in [1.165, 1.54) is 6.20 Å². The van der Waals surface area contributed by atoms with Crippen LogP contribution in [0.4, 0.5) is 8.78 Å². The van der Waals surface area contributed by atoms with E-state index in [4.69, 9.17) is 0 Å². The van der Waals surface area contributed by atoms with Crippen LogP contribution in [0.1, 0.15) is 17.8 Å². The monoisotopic (exact) mass is 146 g/mol. The maximum absolute atomic E-state index is 11.9. The van der Waals surface area contributed by atoms with Crippen LogP contribution in [0, 0.1) is 13.8 Å². The number of aryl methyl sites for hydroxylation is 1. The van der Waals surface area contributed by atoms with E-state index in [-0.39, 0.29) is 0 Å². The molecule has 1 aromatic heterocycles. The van der Waals surface area contributed by atoms with Crippen molar-refractivity contribution in [3.63, 3.8) is 0 Å². The van der Waals surface area contributed by atoms with Crippen molar-refractivity contribution >= 4 is 0 Å². The first-order valence-corrected chi connectivity index (χ1v) is 2.92. The van der Waals surface area contributed by atoms with E-state index >= 15 is 0 Å². The topological polar surface area (TPSA) is 17.8 Å². The molecule has 0 radical (unpaired) electrons. The van der Waals surface area contributed by atoms with Crippen molar-refractivity contribution in [2.24, 2.45) is 0 Å². The van der Waals surface area contributed by atoms with Gasteiger partial charge in [0, 0.05) is 5.69 Å². The molecule has 0 aliphatic heterocycles. The maximum atomic E-state index is 11.9. The molecule has 0 spiro atoms. The molecule has 0 aliphatic rings. The molecule has 0 amide bonds. The first-order valence-electron chi connectivity index (χ1n) is 2.92. The zero-order valence-corrected chi connectivity index (χ0v) is 5.81. The Morgan fingerprint density at radius 1 is 1.50 bits per heavy atom. The molecule has 4 heteroatoms. The highest BCUT2D eigenvalue weighted by Gasteiger charge is 2.09. The minimum atomic E-state index is -2.52. The molecule has 0 fully saturated rings. The summed E-state index contributed by atoms with van der Waals surface area (Å²) in [6.45, 7) is 0.851. The van der Waals surface area contributed by atoms with Gasteiger partial charge in [0.05, 0.1) is 6.20 Å². The predicted molar refractivity (Wildman–Crippen MR) is 33.0 cm³/mol. The van der Waals surface area contributed by atoms with Gasteiger partial charge in [0.2, 0.25) is 0 Å². The van der Waals surface area contributed by atoms with E-state index in [1.807, 2.05) is 0 Å². The molecular weight excluding hydrogens is 138 g/mol. The van der Waals surface area contributed by atoms with Gasteiger partial charge < -0.3 is 0 Å². The summed E-state index contributed by atoms with van der Waals surface area (Å²) < 4.78 is 24.6. The van der Waals surface area contributed by atoms with Crippen LogP contribution in [-0.4, -0.2) is 9.78 Å². The Kier molecular flexibility index (Phi) is 1.70. The van der Waals surface area contributed by atoms with Crippen molar-refractivity contribution in [3.05, 3.63) is 17.5 Å². The average molecular weight is 146 g/mol. The fourth-order valence-corrected chi connectivity index (χ4v) is 0.706. The van der Waals surface area contributed by atoms with Crippen molar-refractivity contribution in [3.8, 4) is 0 Å². The maximum Gasteiger partial charge on any atom is 0.333 e. The number of hydrogen-bond donors (Lipinski definition) is 0. The highest BCUT2D eigenvalue weighted by atomic mass is 19.3. The van der Waals surface area contributed by atoms with Crippen LogP contribution in [0.2, 0.25) is 0 Å². The Labute approximate surface area is 57.5 Å². The summed E-state index contributed by atoms with van der Waals surface area (Å²) in [5, 5.41) is 3.48. The van der Waals surface area contributed by atoms with E-state index < -0.39 is 6.55 Å². The molecule has 0 bridgehead atoms. The number of rotatable bonds is 1. The molecule has 56 valence electrons. The largest absolute Gasteiger partial charge is 0.333 e. The summed E-state index contributed by atoms with van der Waals surface area (Å²) in [4.78, 5) is 0. The second kappa shape index (κ2) is 2.36. The SMILES string of the molecule is Cc1cnn(C(F)F)c1C. The summed E-state index contributed by atoms with van der Waals surface area (Å²) >= 11 is 0. The fourth-order valence-electron chi connectivity index (χ4n) is 0.706. The molecule has 0 atom stereocenters. The molecule has 1 heterocycles. The third-order valence-electron chi connectivity index (χ3n) is 1.48. The van der Waals surface area contributed by atoms with Crippen molar-refractivity contribution in [1.82, 2.24) is 9.78 Å². The van der Waals surface area contributed by atoms with E-state index in [0.29, 0.717) is 10.4 Å². The van der Waals surface area contributed by atoms with Crippen LogP contribution < -0.4 is 0 Å². The Hall–Kier alpha value is -0.930. The lowest BCUT2D eigenvalue weighted by Crippen LogP contribution is -2.01. The van der Waals surface area contributed by atoms with Crippen LogP contribution in [0.15, 0.2) is 6.20 Å². The van der Waals surface area contributed by atoms with Crippen molar-refractivity contribution < 1.29 is 8.78 Å². The Balaban J connectivity index is 3.05. The van der Waals surface area contributed by atoms with E-state index in [2.05, 4.69) is 5.10 Å². The summed E-state index contributed by atoms with van der Waals surface area (Å²) in [5.74, 6) is 0. The van der Waals surface area contributed by atoms with Gasteiger partial charge in [0.15, 0.2) is 0 Å². The van der Waals surface area contributed by atoms with Crippen LogP contribution in [-0.2, 0) is 0 Å². The smallest absolute Gasteiger partial charge is 0.209 e. The molecule has 10 heavy (non-hydrogen) atoms. The van der Waals surface area contributed by atoms with Gasteiger partial charge in [-0.1, -0.05) is 0 Å². The van der Waals surface area contributed by atoms with Gasteiger partial charge >= 0.3 is 6.55 Å². The van der Waals surface area contributed by atoms with Gasteiger partial charge in [-0.2, -0.15) is 13.9 Å². The summed E-state index contributed by atoms with van der Waals surface area (Å²) in [5.41, 5.74) is 1.32. The minimum absolute atomic E-state index is 0.523. The van der Waals surface area contributed by atoms with Crippen molar-refractivity contribution in [2.75, 3.05) is 0 Å². The normalized spacial score (nSPS) is 10.9. The van der Waals surface area contributed by atoms with Crippen LogP contribution in [0.25, 0.3) is 0 Å².